The normalized spacial score (nSPS) is 17.0. The lowest BCUT2D eigenvalue weighted by molar-refractivity contribution is -0.130. The fourth-order valence-electron chi connectivity index (χ4n) is 4.27. The molecule has 4 rings (SSSR count). The van der Waals surface area contributed by atoms with Crippen molar-refractivity contribution in [3.63, 3.8) is 0 Å². The molecular weight excluding hydrogens is 352 g/mol. The third-order valence-corrected chi connectivity index (χ3v) is 5.93. The van der Waals surface area contributed by atoms with Crippen molar-refractivity contribution in [2.45, 2.75) is 46.0 Å². The van der Waals surface area contributed by atoms with Crippen LogP contribution in [0.25, 0.3) is 5.69 Å². The molecule has 2 aliphatic rings. The number of aryl methyl sites for hydroxylation is 1. The summed E-state index contributed by atoms with van der Waals surface area (Å²) in [6.07, 6.45) is 4.68. The molecule has 2 amide bonds. The Morgan fingerprint density at radius 2 is 1.86 bits per heavy atom. The van der Waals surface area contributed by atoms with E-state index in [9.17, 15) is 9.59 Å². The summed E-state index contributed by atoms with van der Waals surface area (Å²) in [5, 5.41) is 4.73. The summed E-state index contributed by atoms with van der Waals surface area (Å²) < 4.78 is 1.94. The molecule has 28 heavy (non-hydrogen) atoms. The molecule has 0 radical (unpaired) electrons. The maximum atomic E-state index is 13.3. The summed E-state index contributed by atoms with van der Waals surface area (Å²) in [4.78, 5) is 29.2. The minimum absolute atomic E-state index is 0.0274. The molecule has 0 spiro atoms. The van der Waals surface area contributed by atoms with Gasteiger partial charge in [-0.2, -0.15) is 5.10 Å². The smallest absolute Gasteiger partial charge is 0.275 e. The van der Waals surface area contributed by atoms with E-state index in [1.54, 1.807) is 4.90 Å². The summed E-state index contributed by atoms with van der Waals surface area (Å²) in [7, 11) is 0. The molecule has 1 saturated heterocycles. The van der Waals surface area contributed by atoms with Crippen LogP contribution in [-0.2, 0) is 24.1 Å². The highest BCUT2D eigenvalue weighted by atomic mass is 16.2. The third-order valence-electron chi connectivity index (χ3n) is 5.93. The number of amides is 2. The van der Waals surface area contributed by atoms with Gasteiger partial charge in [-0.3, -0.25) is 9.59 Å². The number of hydrogen-bond donors (Lipinski definition) is 0. The van der Waals surface area contributed by atoms with Crippen LogP contribution in [-0.4, -0.2) is 57.6 Å². The second kappa shape index (κ2) is 7.78. The highest BCUT2D eigenvalue weighted by molar-refractivity contribution is 5.96. The first-order valence-corrected chi connectivity index (χ1v) is 10.4. The molecule has 1 aromatic heterocycles. The highest BCUT2D eigenvalue weighted by Crippen LogP contribution is 2.29. The highest BCUT2D eigenvalue weighted by Gasteiger charge is 2.32. The Morgan fingerprint density at radius 3 is 2.57 bits per heavy atom. The zero-order valence-electron chi connectivity index (χ0n) is 16.8. The molecule has 2 heterocycles. The Bertz CT molecular complexity index is 885. The first-order chi connectivity index (χ1) is 13.6. The fraction of sp³-hybridized carbons (Fsp3) is 0.500. The predicted octanol–water partition coefficient (Wildman–Crippen LogP) is 2.62. The van der Waals surface area contributed by atoms with Crippen molar-refractivity contribution in [3.05, 3.63) is 46.8 Å². The number of benzene rings is 1. The fourth-order valence-corrected chi connectivity index (χ4v) is 4.27. The third kappa shape index (κ3) is 3.32. The standard InChI is InChI=1S/C22H28N4O2/c1-3-16-9-11-17(12-10-16)26-19-8-5-7-18(19)21(23-26)22(28)25-14-6-13-24(4-2)20(27)15-25/h9-12H,3-8,13-15H2,1-2H3. The maximum Gasteiger partial charge on any atom is 0.275 e. The Labute approximate surface area is 166 Å². The molecule has 0 atom stereocenters. The molecule has 0 unspecified atom stereocenters. The van der Waals surface area contributed by atoms with Crippen LogP contribution in [0.5, 0.6) is 0 Å². The number of hydrogen-bond acceptors (Lipinski definition) is 3. The van der Waals surface area contributed by atoms with E-state index in [4.69, 9.17) is 5.10 Å². The number of nitrogens with zero attached hydrogens (tertiary/aromatic N) is 4. The molecule has 0 bridgehead atoms. The van der Waals surface area contributed by atoms with Gasteiger partial charge in [0.05, 0.1) is 5.69 Å². The van der Waals surface area contributed by atoms with Crippen molar-refractivity contribution < 1.29 is 9.59 Å². The lowest BCUT2D eigenvalue weighted by atomic mass is 10.1. The zero-order valence-corrected chi connectivity index (χ0v) is 16.8. The predicted molar refractivity (Wildman–Crippen MR) is 108 cm³/mol. The van der Waals surface area contributed by atoms with Crippen molar-refractivity contribution in [1.29, 1.82) is 0 Å². The quantitative estimate of drug-likeness (QED) is 0.819. The molecule has 1 aliphatic carbocycles. The lowest BCUT2D eigenvalue weighted by Gasteiger charge is -2.20. The van der Waals surface area contributed by atoms with Crippen molar-refractivity contribution in [2.75, 3.05) is 26.2 Å². The summed E-state index contributed by atoms with van der Waals surface area (Å²) in [6, 6.07) is 8.39. The van der Waals surface area contributed by atoms with Gasteiger partial charge in [0.2, 0.25) is 5.91 Å². The van der Waals surface area contributed by atoms with Gasteiger partial charge in [-0.05, 0) is 56.7 Å². The van der Waals surface area contributed by atoms with Crippen LogP contribution in [0.1, 0.15) is 54.0 Å². The average molecular weight is 380 g/mol. The molecule has 6 nitrogen and oxygen atoms in total. The monoisotopic (exact) mass is 380 g/mol. The first-order valence-electron chi connectivity index (χ1n) is 10.4. The van der Waals surface area contributed by atoms with Gasteiger partial charge >= 0.3 is 0 Å². The van der Waals surface area contributed by atoms with Crippen molar-refractivity contribution in [1.82, 2.24) is 19.6 Å². The van der Waals surface area contributed by atoms with E-state index in [0.29, 0.717) is 18.8 Å². The van der Waals surface area contributed by atoms with E-state index < -0.39 is 0 Å². The van der Waals surface area contributed by atoms with E-state index in [1.807, 2.05) is 16.5 Å². The molecular formula is C22H28N4O2. The topological polar surface area (TPSA) is 58.4 Å². The van der Waals surface area contributed by atoms with Crippen molar-refractivity contribution in [3.8, 4) is 5.69 Å². The molecule has 0 saturated carbocycles. The van der Waals surface area contributed by atoms with Gasteiger partial charge < -0.3 is 9.80 Å². The number of carbonyl (C=O) groups is 2. The Balaban J connectivity index is 1.65. The van der Waals surface area contributed by atoms with Crippen LogP contribution >= 0.6 is 0 Å². The largest absolute Gasteiger partial charge is 0.341 e. The molecule has 2 aromatic rings. The van der Waals surface area contributed by atoms with Gasteiger partial charge in [0, 0.05) is 30.9 Å². The van der Waals surface area contributed by atoms with Crippen LogP contribution in [0.4, 0.5) is 0 Å². The van der Waals surface area contributed by atoms with Crippen molar-refractivity contribution in [2.24, 2.45) is 0 Å². The molecule has 0 N–H and O–H groups in total. The van der Waals surface area contributed by atoms with Gasteiger partial charge in [0.15, 0.2) is 5.69 Å². The van der Waals surface area contributed by atoms with Crippen LogP contribution in [0, 0.1) is 0 Å². The molecule has 1 fully saturated rings. The lowest BCUT2D eigenvalue weighted by Crippen LogP contribution is -2.39. The van der Waals surface area contributed by atoms with Gasteiger partial charge in [0.25, 0.3) is 5.91 Å². The van der Waals surface area contributed by atoms with Gasteiger partial charge in [-0.15, -0.1) is 0 Å². The molecule has 148 valence electrons. The van der Waals surface area contributed by atoms with E-state index in [1.165, 1.54) is 5.56 Å². The number of rotatable bonds is 4. The average Bonchev–Trinajstić information content (AvgIpc) is 3.27. The van der Waals surface area contributed by atoms with Gasteiger partial charge in [-0.25, -0.2) is 4.68 Å². The Kier molecular flexibility index (Phi) is 5.20. The number of fused-ring (bicyclic) bond motifs is 1. The summed E-state index contributed by atoms with van der Waals surface area (Å²) >= 11 is 0. The Hall–Kier alpha value is -2.63. The maximum absolute atomic E-state index is 13.3. The number of aromatic nitrogens is 2. The van der Waals surface area contributed by atoms with E-state index in [2.05, 4.69) is 31.2 Å². The number of carbonyl (C=O) groups excluding carboxylic acids is 2. The van der Waals surface area contributed by atoms with Gasteiger partial charge in [-0.1, -0.05) is 19.1 Å². The second-order valence-electron chi connectivity index (χ2n) is 7.61. The summed E-state index contributed by atoms with van der Waals surface area (Å²) in [5.41, 5.74) is 5.02. The zero-order chi connectivity index (χ0) is 19.7. The molecule has 1 aromatic carbocycles. The Morgan fingerprint density at radius 1 is 1.07 bits per heavy atom. The van der Waals surface area contributed by atoms with Crippen LogP contribution in [0.3, 0.4) is 0 Å². The summed E-state index contributed by atoms with van der Waals surface area (Å²) in [6.45, 7) is 6.29. The van der Waals surface area contributed by atoms with E-state index >= 15 is 0 Å². The van der Waals surface area contributed by atoms with Crippen LogP contribution < -0.4 is 0 Å². The molecule has 6 heteroatoms. The second-order valence-corrected chi connectivity index (χ2v) is 7.61. The molecule has 1 aliphatic heterocycles. The minimum atomic E-state index is -0.103. The van der Waals surface area contributed by atoms with Crippen LogP contribution in [0.2, 0.25) is 0 Å². The van der Waals surface area contributed by atoms with E-state index in [0.717, 1.165) is 55.6 Å². The van der Waals surface area contributed by atoms with Crippen molar-refractivity contribution >= 4 is 11.8 Å². The SMILES string of the molecule is CCc1ccc(-n2nc(C(=O)N3CCCN(CC)C(=O)C3)c3c2CCC3)cc1. The minimum Gasteiger partial charge on any atom is -0.341 e. The van der Waals surface area contributed by atoms with E-state index in [-0.39, 0.29) is 18.4 Å². The van der Waals surface area contributed by atoms with Gasteiger partial charge in [0.1, 0.15) is 6.54 Å². The summed E-state index contributed by atoms with van der Waals surface area (Å²) in [5.74, 6) is -0.0760. The van der Waals surface area contributed by atoms with Crippen LogP contribution in [0.15, 0.2) is 24.3 Å². The first kappa shape index (κ1) is 18.7. The number of likely N-dealkylation sites (N-methyl/N-ethyl adjacent to an activating group) is 1.